The fraction of sp³-hybridized carbons (Fsp3) is 0.318. The Morgan fingerprint density at radius 3 is 2.21 bits per heavy atom. The molecule has 6 heteroatoms. The minimum atomic E-state index is -0.0864. The number of ether oxygens (including phenoxy) is 3. The van der Waals surface area contributed by atoms with E-state index in [1.54, 1.807) is 33.5 Å². The van der Waals surface area contributed by atoms with Gasteiger partial charge in [0, 0.05) is 29.9 Å². The number of rotatable bonds is 10. The van der Waals surface area contributed by atoms with Crippen LogP contribution < -0.4 is 19.5 Å². The number of methoxy groups -OCH3 is 3. The Kier molecular flexibility index (Phi) is 7.89. The molecule has 0 fully saturated rings. The third-order valence-corrected chi connectivity index (χ3v) is 4.21. The Morgan fingerprint density at radius 1 is 0.964 bits per heavy atom. The summed E-state index contributed by atoms with van der Waals surface area (Å²) in [5.41, 5.74) is 2.34. The summed E-state index contributed by atoms with van der Waals surface area (Å²) in [5, 5.41) is 3.33. The van der Waals surface area contributed by atoms with Crippen LogP contribution in [0.3, 0.4) is 0 Å². The van der Waals surface area contributed by atoms with Crippen LogP contribution in [0.25, 0.3) is 6.08 Å². The zero-order chi connectivity index (χ0) is 20.5. The van der Waals surface area contributed by atoms with Crippen LogP contribution in [0.15, 0.2) is 42.5 Å². The Balaban J connectivity index is 2.11. The number of anilines is 1. The van der Waals surface area contributed by atoms with Gasteiger partial charge in [-0.2, -0.15) is 0 Å². The van der Waals surface area contributed by atoms with E-state index < -0.39 is 0 Å². The minimum Gasteiger partial charge on any atom is -0.493 e. The zero-order valence-corrected chi connectivity index (χ0v) is 17.1. The molecule has 0 unspecified atom stereocenters. The molecule has 0 aliphatic rings. The number of hydrogen-bond acceptors (Lipinski definition) is 6. The monoisotopic (exact) mass is 384 g/mol. The summed E-state index contributed by atoms with van der Waals surface area (Å²) in [6.45, 7) is 1.79. The molecular formula is C22H28N2O4. The molecule has 0 saturated carbocycles. The van der Waals surface area contributed by atoms with Crippen molar-refractivity contribution >= 4 is 17.5 Å². The third-order valence-electron chi connectivity index (χ3n) is 4.21. The second kappa shape index (κ2) is 10.4. The molecule has 6 nitrogen and oxygen atoms in total. The molecule has 150 valence electrons. The summed E-state index contributed by atoms with van der Waals surface area (Å²) in [7, 11) is 8.73. The second-order valence-corrected chi connectivity index (χ2v) is 6.43. The van der Waals surface area contributed by atoms with Crippen molar-refractivity contribution in [1.29, 1.82) is 0 Å². The van der Waals surface area contributed by atoms with E-state index in [-0.39, 0.29) is 5.78 Å². The molecule has 0 heterocycles. The molecule has 0 amide bonds. The Hall–Kier alpha value is -2.99. The lowest BCUT2D eigenvalue weighted by molar-refractivity contribution is 0.104. The summed E-state index contributed by atoms with van der Waals surface area (Å²) < 4.78 is 16.1. The number of nitrogens with one attached hydrogen (secondary N) is 1. The average molecular weight is 384 g/mol. The number of benzene rings is 2. The molecule has 0 bridgehead atoms. The van der Waals surface area contributed by atoms with Crippen molar-refractivity contribution in [2.45, 2.75) is 0 Å². The molecule has 0 aliphatic heterocycles. The van der Waals surface area contributed by atoms with E-state index in [4.69, 9.17) is 14.2 Å². The van der Waals surface area contributed by atoms with E-state index in [0.717, 1.165) is 24.3 Å². The summed E-state index contributed by atoms with van der Waals surface area (Å²) in [5.74, 6) is 1.50. The number of carbonyl (C=O) groups is 1. The summed E-state index contributed by atoms with van der Waals surface area (Å²) in [6, 6.07) is 11.1. The highest BCUT2D eigenvalue weighted by Crippen LogP contribution is 2.40. The number of nitrogens with zero attached hydrogens (tertiary/aromatic N) is 1. The number of likely N-dealkylation sites (N-methyl/N-ethyl adjacent to an activating group) is 1. The summed E-state index contributed by atoms with van der Waals surface area (Å²) >= 11 is 0. The largest absolute Gasteiger partial charge is 0.493 e. The van der Waals surface area contributed by atoms with Crippen LogP contribution >= 0.6 is 0 Å². The topological polar surface area (TPSA) is 60.0 Å². The highest BCUT2D eigenvalue weighted by atomic mass is 16.5. The van der Waals surface area contributed by atoms with Gasteiger partial charge in [0.15, 0.2) is 17.3 Å². The fourth-order valence-electron chi connectivity index (χ4n) is 2.69. The van der Waals surface area contributed by atoms with Crippen LogP contribution in [0.2, 0.25) is 0 Å². The van der Waals surface area contributed by atoms with Crippen LogP contribution in [0, 0.1) is 0 Å². The Labute approximate surface area is 166 Å². The van der Waals surface area contributed by atoms with Gasteiger partial charge in [-0.3, -0.25) is 4.79 Å². The minimum absolute atomic E-state index is 0.0864. The van der Waals surface area contributed by atoms with Gasteiger partial charge in [-0.1, -0.05) is 0 Å². The smallest absolute Gasteiger partial charge is 0.203 e. The SMILES string of the molecule is COc1ccc(C=CC(=O)c2ccc(NCCN(C)C)cc2)c(OC)c1OC. The lowest BCUT2D eigenvalue weighted by atomic mass is 10.1. The molecule has 0 radical (unpaired) electrons. The van der Waals surface area contributed by atoms with Gasteiger partial charge in [0.25, 0.3) is 0 Å². The predicted molar refractivity (Wildman–Crippen MR) is 113 cm³/mol. The van der Waals surface area contributed by atoms with Crippen molar-refractivity contribution in [3.8, 4) is 17.2 Å². The van der Waals surface area contributed by atoms with Crippen LogP contribution in [0.1, 0.15) is 15.9 Å². The maximum atomic E-state index is 12.5. The number of ketones is 1. The van der Waals surface area contributed by atoms with Gasteiger partial charge in [0.1, 0.15) is 0 Å². The first-order valence-corrected chi connectivity index (χ1v) is 9.00. The van der Waals surface area contributed by atoms with Crippen LogP contribution in [0.5, 0.6) is 17.2 Å². The quantitative estimate of drug-likeness (QED) is 0.499. The first-order chi connectivity index (χ1) is 13.5. The first kappa shape index (κ1) is 21.3. The molecule has 2 aromatic carbocycles. The summed E-state index contributed by atoms with van der Waals surface area (Å²) in [4.78, 5) is 14.6. The van der Waals surface area contributed by atoms with Crippen molar-refractivity contribution in [2.24, 2.45) is 0 Å². The lowest BCUT2D eigenvalue weighted by Crippen LogP contribution is -2.20. The molecule has 0 saturated heterocycles. The van der Waals surface area contributed by atoms with Crippen LogP contribution in [0.4, 0.5) is 5.69 Å². The maximum Gasteiger partial charge on any atom is 0.203 e. The average Bonchev–Trinajstić information content (AvgIpc) is 2.71. The van der Waals surface area contributed by atoms with Gasteiger partial charge in [-0.15, -0.1) is 0 Å². The number of allylic oxidation sites excluding steroid dienone is 1. The molecule has 28 heavy (non-hydrogen) atoms. The molecule has 2 rings (SSSR count). The molecule has 1 N–H and O–H groups in total. The Bertz CT molecular complexity index is 814. The van der Waals surface area contributed by atoms with Gasteiger partial charge < -0.3 is 24.4 Å². The fourth-order valence-corrected chi connectivity index (χ4v) is 2.69. The van der Waals surface area contributed by atoms with Gasteiger partial charge in [-0.25, -0.2) is 0 Å². The van der Waals surface area contributed by atoms with E-state index in [2.05, 4.69) is 10.2 Å². The normalized spacial score (nSPS) is 10.9. The first-order valence-electron chi connectivity index (χ1n) is 9.00. The van der Waals surface area contributed by atoms with E-state index in [1.165, 1.54) is 6.08 Å². The van der Waals surface area contributed by atoms with Gasteiger partial charge in [0.2, 0.25) is 5.75 Å². The molecule has 0 aromatic heterocycles. The zero-order valence-electron chi connectivity index (χ0n) is 17.1. The van der Waals surface area contributed by atoms with Crippen molar-refractivity contribution < 1.29 is 19.0 Å². The van der Waals surface area contributed by atoms with E-state index in [9.17, 15) is 4.79 Å². The molecular weight excluding hydrogens is 356 g/mol. The van der Waals surface area contributed by atoms with Gasteiger partial charge in [0.05, 0.1) is 21.3 Å². The second-order valence-electron chi connectivity index (χ2n) is 6.43. The van der Waals surface area contributed by atoms with E-state index >= 15 is 0 Å². The Morgan fingerprint density at radius 2 is 1.64 bits per heavy atom. The van der Waals surface area contributed by atoms with Crippen LogP contribution in [-0.2, 0) is 0 Å². The molecule has 0 spiro atoms. The van der Waals surface area contributed by atoms with Crippen molar-refractivity contribution in [3.63, 3.8) is 0 Å². The standard InChI is InChI=1S/C22H28N2O4/c1-24(2)15-14-23-18-10-6-16(7-11-18)19(25)12-8-17-9-13-20(26-3)22(28-5)21(17)27-4/h6-13,23H,14-15H2,1-5H3. The van der Waals surface area contributed by atoms with Crippen LogP contribution in [-0.4, -0.2) is 59.2 Å². The lowest BCUT2D eigenvalue weighted by Gasteiger charge is -2.14. The number of carbonyl (C=O) groups excluding carboxylic acids is 1. The molecule has 0 atom stereocenters. The van der Waals surface area contributed by atoms with Gasteiger partial charge >= 0.3 is 0 Å². The number of hydrogen-bond donors (Lipinski definition) is 1. The highest BCUT2D eigenvalue weighted by molar-refractivity contribution is 6.07. The third kappa shape index (κ3) is 5.50. The van der Waals surface area contributed by atoms with Gasteiger partial charge in [-0.05, 0) is 62.6 Å². The summed E-state index contributed by atoms with van der Waals surface area (Å²) in [6.07, 6.45) is 3.24. The molecule has 2 aromatic rings. The van der Waals surface area contributed by atoms with Crippen molar-refractivity contribution in [3.05, 3.63) is 53.6 Å². The van der Waals surface area contributed by atoms with Crippen molar-refractivity contribution in [2.75, 3.05) is 53.8 Å². The predicted octanol–water partition coefficient (Wildman–Crippen LogP) is 3.58. The van der Waals surface area contributed by atoms with E-state index in [1.807, 2.05) is 44.4 Å². The highest BCUT2D eigenvalue weighted by Gasteiger charge is 2.14. The maximum absolute atomic E-state index is 12.5. The van der Waals surface area contributed by atoms with Crippen molar-refractivity contribution in [1.82, 2.24) is 4.90 Å². The molecule has 0 aliphatic carbocycles. The van der Waals surface area contributed by atoms with E-state index in [0.29, 0.717) is 22.8 Å².